The van der Waals surface area contributed by atoms with Gasteiger partial charge in [-0.3, -0.25) is 4.90 Å². The summed E-state index contributed by atoms with van der Waals surface area (Å²) < 4.78 is 29.1. The molecule has 4 heterocycles. The van der Waals surface area contributed by atoms with Crippen molar-refractivity contribution in [3.63, 3.8) is 0 Å². The number of nitrogens with zero attached hydrogens (tertiary/aromatic N) is 6. The van der Waals surface area contributed by atoms with Crippen LogP contribution in [-0.2, 0) is 30.2 Å². The summed E-state index contributed by atoms with van der Waals surface area (Å²) in [7, 11) is 2.19. The molecule has 11 nitrogen and oxygen atoms in total. The van der Waals surface area contributed by atoms with Crippen LogP contribution in [0, 0.1) is 0 Å². The van der Waals surface area contributed by atoms with Gasteiger partial charge < -0.3 is 43.0 Å². The number of likely N-dealkylation sites (tertiary alicyclic amines) is 1. The first-order valence-electron chi connectivity index (χ1n) is 20.4. The van der Waals surface area contributed by atoms with Gasteiger partial charge in [0.05, 0.1) is 50.6 Å². The molecule has 4 rings (SSSR count). The Bertz CT molecular complexity index is 810. The molecule has 51 heavy (non-hydrogen) atoms. The molecule has 3 saturated heterocycles. The fourth-order valence-corrected chi connectivity index (χ4v) is 5.71. The number of ether oxygens (including phenoxy) is 5. The first kappa shape index (κ1) is 47.9. The summed E-state index contributed by atoms with van der Waals surface area (Å²) in [6.45, 7) is 36.0. The van der Waals surface area contributed by atoms with E-state index in [1.807, 2.05) is 24.6 Å². The van der Waals surface area contributed by atoms with Crippen LogP contribution >= 0.6 is 0 Å². The van der Waals surface area contributed by atoms with E-state index in [0.717, 1.165) is 72.2 Å². The Kier molecular flexibility index (Phi) is 30.3. The summed E-state index contributed by atoms with van der Waals surface area (Å²) in [5.74, 6) is 0. The number of morpholine rings is 1. The van der Waals surface area contributed by atoms with E-state index in [9.17, 15) is 0 Å². The van der Waals surface area contributed by atoms with Crippen LogP contribution in [0.3, 0.4) is 0 Å². The Labute approximate surface area is 314 Å². The number of likely N-dealkylation sites (N-methyl/N-ethyl adjacent to an activating group) is 1. The van der Waals surface area contributed by atoms with Crippen molar-refractivity contribution in [2.75, 3.05) is 119 Å². The molecule has 0 saturated carbocycles. The molecule has 302 valence electrons. The van der Waals surface area contributed by atoms with Gasteiger partial charge in [-0.25, -0.2) is 4.98 Å². The Morgan fingerprint density at radius 2 is 0.961 bits per heavy atom. The number of rotatable bonds is 19. The van der Waals surface area contributed by atoms with Crippen molar-refractivity contribution in [1.29, 1.82) is 0 Å². The first-order valence-corrected chi connectivity index (χ1v) is 20.4. The second kappa shape index (κ2) is 32.3. The van der Waals surface area contributed by atoms with Crippen LogP contribution in [0.15, 0.2) is 18.7 Å². The molecule has 1 aromatic heterocycles. The third-order valence-corrected chi connectivity index (χ3v) is 8.72. The zero-order valence-corrected chi connectivity index (χ0v) is 34.7. The van der Waals surface area contributed by atoms with E-state index in [2.05, 4.69) is 73.2 Å². The van der Waals surface area contributed by atoms with Crippen molar-refractivity contribution in [1.82, 2.24) is 29.2 Å². The molecule has 0 spiro atoms. The quantitative estimate of drug-likeness (QED) is 0.164. The lowest BCUT2D eigenvalue weighted by Crippen LogP contribution is -2.44. The molecule has 0 N–H and O–H groups in total. The molecule has 0 aliphatic carbocycles. The lowest BCUT2D eigenvalue weighted by molar-refractivity contribution is 0.0266. The van der Waals surface area contributed by atoms with E-state index in [1.165, 1.54) is 84.5 Å². The van der Waals surface area contributed by atoms with Gasteiger partial charge in [0, 0.05) is 97.7 Å². The second-order valence-electron chi connectivity index (χ2n) is 15.0. The highest BCUT2D eigenvalue weighted by atomic mass is 16.5. The summed E-state index contributed by atoms with van der Waals surface area (Å²) in [5, 5.41) is 0. The molecule has 0 unspecified atom stereocenters. The van der Waals surface area contributed by atoms with Crippen LogP contribution in [0.25, 0.3) is 0 Å². The molecule has 0 radical (unpaired) electrons. The number of piperazine rings is 1. The second-order valence-corrected chi connectivity index (χ2v) is 15.0. The maximum Gasteiger partial charge on any atom is 0.0946 e. The molecule has 3 fully saturated rings. The normalized spacial score (nSPS) is 18.0. The molecule has 0 bridgehead atoms. The summed E-state index contributed by atoms with van der Waals surface area (Å²) in [5.41, 5.74) is 0. The minimum Gasteiger partial charge on any atom is -0.379 e. The first-order chi connectivity index (χ1) is 24.5. The maximum atomic E-state index is 5.52. The molecule has 0 amide bonds. The van der Waals surface area contributed by atoms with Crippen molar-refractivity contribution >= 4 is 0 Å². The fraction of sp³-hybridized carbons (Fsp3) is 0.925. The topological polar surface area (TPSA) is 76.9 Å². The van der Waals surface area contributed by atoms with Crippen molar-refractivity contribution in [2.45, 2.75) is 125 Å². The number of imidazole rings is 1. The van der Waals surface area contributed by atoms with Crippen molar-refractivity contribution in [2.24, 2.45) is 0 Å². The zero-order valence-electron chi connectivity index (χ0n) is 34.7. The predicted octanol–water partition coefficient (Wildman–Crippen LogP) is 5.78. The Morgan fingerprint density at radius 1 is 0.529 bits per heavy atom. The predicted molar refractivity (Wildman–Crippen MR) is 212 cm³/mol. The molecule has 3 aliphatic rings. The van der Waals surface area contributed by atoms with E-state index in [0.29, 0.717) is 24.4 Å². The highest BCUT2D eigenvalue weighted by Crippen LogP contribution is 2.09. The third-order valence-electron chi connectivity index (χ3n) is 8.72. The molecule has 0 aromatic carbocycles. The third kappa shape index (κ3) is 31.0. The van der Waals surface area contributed by atoms with Crippen LogP contribution in [0.2, 0.25) is 0 Å². The van der Waals surface area contributed by atoms with Gasteiger partial charge in [-0.2, -0.15) is 0 Å². The van der Waals surface area contributed by atoms with E-state index in [4.69, 9.17) is 23.7 Å². The standard InChI is InChI=1S/C11H24N2O.C11H23NO.C10H21NO2.C8H14N2O/c1-11(2)14-10-4-5-13-8-6-12(3)7-9-13;1-11(2)13-10-6-9-12-7-4-3-5-8-12;1-10(2)13-7-3-4-11-5-8-12-9-6-11;1-8(2)11-6-5-10-4-3-9-7-10/h11H,4-10H2,1-3H3;11H,3-10H2,1-2H3;10H,3-9H2,1-2H3;3-4,7-8H,5-6H2,1-2H3. The van der Waals surface area contributed by atoms with Gasteiger partial charge >= 0.3 is 0 Å². The highest BCUT2D eigenvalue weighted by molar-refractivity contribution is 4.73. The lowest BCUT2D eigenvalue weighted by Gasteiger charge is -2.32. The van der Waals surface area contributed by atoms with Crippen LogP contribution < -0.4 is 0 Å². The summed E-state index contributed by atoms with van der Waals surface area (Å²) in [4.78, 5) is 13.8. The smallest absolute Gasteiger partial charge is 0.0946 e. The van der Waals surface area contributed by atoms with E-state index < -0.39 is 0 Å². The molecule has 11 heteroatoms. The largest absolute Gasteiger partial charge is 0.379 e. The van der Waals surface area contributed by atoms with Crippen LogP contribution in [-0.4, -0.2) is 172 Å². The summed E-state index contributed by atoms with van der Waals surface area (Å²) in [6.07, 6.45) is 14.7. The van der Waals surface area contributed by atoms with Crippen molar-refractivity contribution in [3.8, 4) is 0 Å². The number of piperidine rings is 1. The molecular formula is C40H82N6O5. The molecule has 1 aromatic rings. The SMILES string of the molecule is CC(C)OCCCN1CCCCC1.CC(C)OCCCN1CCN(C)CC1.CC(C)OCCCN1CCOCC1.CC(C)OCCn1ccnc1. The summed E-state index contributed by atoms with van der Waals surface area (Å²) in [6, 6.07) is 0. The van der Waals surface area contributed by atoms with Gasteiger partial charge in [0.15, 0.2) is 0 Å². The monoisotopic (exact) mass is 727 g/mol. The van der Waals surface area contributed by atoms with Gasteiger partial charge in [0.25, 0.3) is 0 Å². The van der Waals surface area contributed by atoms with Crippen LogP contribution in [0.4, 0.5) is 0 Å². The van der Waals surface area contributed by atoms with E-state index >= 15 is 0 Å². The van der Waals surface area contributed by atoms with Crippen molar-refractivity contribution in [3.05, 3.63) is 18.7 Å². The number of aromatic nitrogens is 2. The maximum absolute atomic E-state index is 5.52. The van der Waals surface area contributed by atoms with E-state index in [-0.39, 0.29) is 0 Å². The average Bonchev–Trinajstić information content (AvgIpc) is 3.63. The Hall–Kier alpha value is -1.15. The lowest BCUT2D eigenvalue weighted by atomic mass is 10.1. The van der Waals surface area contributed by atoms with Gasteiger partial charge in [-0.15, -0.1) is 0 Å². The summed E-state index contributed by atoms with van der Waals surface area (Å²) >= 11 is 0. The minimum atomic E-state index is 0.318. The van der Waals surface area contributed by atoms with Gasteiger partial charge in [-0.05, 0) is 108 Å². The molecular weight excluding hydrogens is 644 g/mol. The number of hydrogen-bond acceptors (Lipinski definition) is 10. The zero-order chi connectivity index (χ0) is 37.5. The van der Waals surface area contributed by atoms with Gasteiger partial charge in [0.1, 0.15) is 0 Å². The highest BCUT2D eigenvalue weighted by Gasteiger charge is 2.13. The fourth-order valence-electron chi connectivity index (χ4n) is 5.71. The molecule has 3 aliphatic heterocycles. The Balaban J connectivity index is 0.000000341. The minimum absolute atomic E-state index is 0.318. The Morgan fingerprint density at radius 3 is 1.39 bits per heavy atom. The van der Waals surface area contributed by atoms with Gasteiger partial charge in [-0.1, -0.05) is 6.42 Å². The average molecular weight is 727 g/mol. The van der Waals surface area contributed by atoms with Crippen LogP contribution in [0.1, 0.15) is 93.9 Å². The molecule has 0 atom stereocenters. The van der Waals surface area contributed by atoms with Crippen molar-refractivity contribution < 1.29 is 23.7 Å². The number of hydrogen-bond donors (Lipinski definition) is 0. The van der Waals surface area contributed by atoms with Gasteiger partial charge in [0.2, 0.25) is 0 Å². The van der Waals surface area contributed by atoms with E-state index in [1.54, 1.807) is 12.5 Å². The van der Waals surface area contributed by atoms with Crippen LogP contribution in [0.5, 0.6) is 0 Å².